The Bertz CT molecular complexity index is 437. The number of hydrogen-bond acceptors (Lipinski definition) is 4. The van der Waals surface area contributed by atoms with E-state index in [1.54, 1.807) is 12.3 Å². The number of amides is 2. The molecule has 0 spiro atoms. The van der Waals surface area contributed by atoms with Gasteiger partial charge in [-0.2, -0.15) is 0 Å². The largest absolute Gasteiger partial charge is 0.391 e. The lowest BCUT2D eigenvalue weighted by Gasteiger charge is -2.25. The van der Waals surface area contributed by atoms with Crippen LogP contribution >= 0.6 is 0 Å². The standard InChI is InChI=1S/C14H24N4O2/c1-14(2,3)11(19)9-16-13(20)17-10-6-7-12(15-8-10)18(4)5/h6-8,11,19H,9H2,1-5H3,(H2,16,17,20). The lowest BCUT2D eigenvalue weighted by Crippen LogP contribution is -2.40. The average molecular weight is 280 g/mol. The Hall–Kier alpha value is -1.82. The molecule has 0 bridgehead atoms. The van der Waals surface area contributed by atoms with E-state index in [1.807, 2.05) is 45.8 Å². The van der Waals surface area contributed by atoms with Crippen molar-refractivity contribution in [2.45, 2.75) is 26.9 Å². The number of anilines is 2. The summed E-state index contributed by atoms with van der Waals surface area (Å²) in [5.74, 6) is 0.819. The second-order valence-electron chi connectivity index (χ2n) is 6.02. The topological polar surface area (TPSA) is 77.5 Å². The summed E-state index contributed by atoms with van der Waals surface area (Å²) in [6.45, 7) is 5.96. The molecule has 20 heavy (non-hydrogen) atoms. The molecule has 1 atom stereocenters. The first kappa shape index (κ1) is 16.2. The highest BCUT2D eigenvalue weighted by molar-refractivity contribution is 5.89. The number of carbonyl (C=O) groups is 1. The van der Waals surface area contributed by atoms with E-state index in [2.05, 4.69) is 15.6 Å². The third-order valence-electron chi connectivity index (χ3n) is 2.92. The van der Waals surface area contributed by atoms with E-state index in [-0.39, 0.29) is 18.0 Å². The smallest absolute Gasteiger partial charge is 0.319 e. The fourth-order valence-corrected chi connectivity index (χ4v) is 1.40. The maximum atomic E-state index is 11.7. The van der Waals surface area contributed by atoms with Crippen LogP contribution in [0, 0.1) is 5.41 Å². The highest BCUT2D eigenvalue weighted by Gasteiger charge is 2.22. The highest BCUT2D eigenvalue weighted by atomic mass is 16.3. The van der Waals surface area contributed by atoms with Crippen molar-refractivity contribution in [1.82, 2.24) is 10.3 Å². The number of nitrogens with one attached hydrogen (secondary N) is 2. The van der Waals surface area contributed by atoms with Gasteiger partial charge in [0.15, 0.2) is 0 Å². The van der Waals surface area contributed by atoms with Crippen molar-refractivity contribution in [2.75, 3.05) is 30.9 Å². The van der Waals surface area contributed by atoms with Crippen molar-refractivity contribution in [3.63, 3.8) is 0 Å². The summed E-state index contributed by atoms with van der Waals surface area (Å²) in [6, 6.07) is 3.24. The van der Waals surface area contributed by atoms with Crippen molar-refractivity contribution in [3.8, 4) is 0 Å². The lowest BCUT2D eigenvalue weighted by molar-refractivity contribution is 0.0654. The van der Waals surface area contributed by atoms with Gasteiger partial charge in [-0.3, -0.25) is 0 Å². The van der Waals surface area contributed by atoms with Gasteiger partial charge < -0.3 is 20.6 Å². The van der Waals surface area contributed by atoms with E-state index in [9.17, 15) is 9.90 Å². The fourth-order valence-electron chi connectivity index (χ4n) is 1.40. The molecule has 2 amide bonds. The molecule has 0 radical (unpaired) electrons. The Kier molecular flexibility index (Phi) is 5.33. The lowest BCUT2D eigenvalue weighted by atomic mass is 9.89. The molecule has 0 saturated heterocycles. The second-order valence-corrected chi connectivity index (χ2v) is 6.02. The molecule has 0 fully saturated rings. The normalized spacial score (nSPS) is 12.7. The van der Waals surface area contributed by atoms with E-state index < -0.39 is 6.10 Å². The molecule has 112 valence electrons. The average Bonchev–Trinajstić information content (AvgIpc) is 2.35. The van der Waals surface area contributed by atoms with Gasteiger partial charge in [-0.05, 0) is 17.5 Å². The molecule has 1 aromatic heterocycles. The Labute approximate surface area is 120 Å². The predicted octanol–water partition coefficient (Wildman–Crippen LogP) is 1.68. The summed E-state index contributed by atoms with van der Waals surface area (Å²) in [6.07, 6.45) is 0.997. The van der Waals surface area contributed by atoms with Crippen molar-refractivity contribution >= 4 is 17.5 Å². The summed E-state index contributed by atoms with van der Waals surface area (Å²) in [4.78, 5) is 17.8. The zero-order valence-corrected chi connectivity index (χ0v) is 12.8. The molecule has 3 N–H and O–H groups in total. The van der Waals surface area contributed by atoms with Crippen molar-refractivity contribution < 1.29 is 9.90 Å². The molecule has 0 aliphatic heterocycles. The zero-order valence-electron chi connectivity index (χ0n) is 12.8. The summed E-state index contributed by atoms with van der Waals surface area (Å²) < 4.78 is 0. The van der Waals surface area contributed by atoms with Crippen LogP contribution in [0.2, 0.25) is 0 Å². The van der Waals surface area contributed by atoms with Crippen LogP contribution in [-0.2, 0) is 0 Å². The summed E-state index contributed by atoms with van der Waals surface area (Å²) in [5.41, 5.74) is 0.348. The first-order valence-electron chi connectivity index (χ1n) is 6.56. The van der Waals surface area contributed by atoms with Gasteiger partial charge in [0.05, 0.1) is 18.0 Å². The van der Waals surface area contributed by atoms with Crippen molar-refractivity contribution in [3.05, 3.63) is 18.3 Å². The number of aliphatic hydroxyl groups excluding tert-OH is 1. The first-order valence-corrected chi connectivity index (χ1v) is 6.56. The molecule has 6 heteroatoms. The van der Waals surface area contributed by atoms with Crippen LogP contribution in [0.25, 0.3) is 0 Å². The maximum Gasteiger partial charge on any atom is 0.319 e. The molecule has 1 heterocycles. The Morgan fingerprint density at radius 3 is 2.50 bits per heavy atom. The quantitative estimate of drug-likeness (QED) is 0.784. The molecule has 0 aromatic carbocycles. The number of carbonyl (C=O) groups excluding carboxylic acids is 1. The van der Waals surface area contributed by atoms with Gasteiger partial charge in [0.25, 0.3) is 0 Å². The molecule has 1 rings (SSSR count). The van der Waals surface area contributed by atoms with Crippen molar-refractivity contribution in [2.24, 2.45) is 5.41 Å². The Balaban J connectivity index is 2.46. The fraction of sp³-hybridized carbons (Fsp3) is 0.571. The van der Waals surface area contributed by atoms with Gasteiger partial charge in [-0.15, -0.1) is 0 Å². The molecular formula is C14H24N4O2. The van der Waals surface area contributed by atoms with Crippen LogP contribution in [-0.4, -0.2) is 42.9 Å². The third-order valence-corrected chi connectivity index (χ3v) is 2.92. The number of hydrogen-bond donors (Lipinski definition) is 3. The number of urea groups is 1. The number of aromatic nitrogens is 1. The second kappa shape index (κ2) is 6.56. The van der Waals surface area contributed by atoms with E-state index in [4.69, 9.17) is 0 Å². The number of pyridine rings is 1. The molecule has 6 nitrogen and oxygen atoms in total. The molecule has 0 saturated carbocycles. The van der Waals surface area contributed by atoms with Gasteiger partial charge in [-0.1, -0.05) is 20.8 Å². The molecular weight excluding hydrogens is 256 g/mol. The number of nitrogens with zero attached hydrogens (tertiary/aromatic N) is 2. The molecule has 1 unspecified atom stereocenters. The number of rotatable bonds is 4. The minimum absolute atomic E-state index is 0.207. The highest BCUT2D eigenvalue weighted by Crippen LogP contribution is 2.18. The summed E-state index contributed by atoms with van der Waals surface area (Å²) >= 11 is 0. The van der Waals surface area contributed by atoms with E-state index in [0.717, 1.165) is 5.82 Å². The summed E-state index contributed by atoms with van der Waals surface area (Å²) in [5, 5.41) is 15.1. The molecule has 1 aromatic rings. The van der Waals surface area contributed by atoms with Gasteiger partial charge in [-0.25, -0.2) is 9.78 Å². The molecule has 0 aliphatic rings. The Morgan fingerprint density at radius 2 is 2.05 bits per heavy atom. The van der Waals surface area contributed by atoms with Crippen LogP contribution in [0.3, 0.4) is 0 Å². The van der Waals surface area contributed by atoms with Gasteiger partial charge in [0.2, 0.25) is 0 Å². The van der Waals surface area contributed by atoms with Crippen LogP contribution in [0.5, 0.6) is 0 Å². The minimum Gasteiger partial charge on any atom is -0.391 e. The van der Waals surface area contributed by atoms with Crippen LogP contribution in [0.4, 0.5) is 16.3 Å². The van der Waals surface area contributed by atoms with Crippen LogP contribution in [0.1, 0.15) is 20.8 Å². The monoisotopic (exact) mass is 280 g/mol. The van der Waals surface area contributed by atoms with Gasteiger partial charge in [0, 0.05) is 20.6 Å². The molecule has 0 aliphatic carbocycles. The predicted molar refractivity (Wildman–Crippen MR) is 81.0 cm³/mol. The SMILES string of the molecule is CN(C)c1ccc(NC(=O)NCC(O)C(C)(C)C)cn1. The third kappa shape index (κ3) is 5.05. The van der Waals surface area contributed by atoms with E-state index in [0.29, 0.717) is 5.69 Å². The van der Waals surface area contributed by atoms with E-state index >= 15 is 0 Å². The van der Waals surface area contributed by atoms with Crippen LogP contribution in [0.15, 0.2) is 18.3 Å². The Morgan fingerprint density at radius 1 is 1.40 bits per heavy atom. The van der Waals surface area contributed by atoms with Crippen molar-refractivity contribution in [1.29, 1.82) is 0 Å². The van der Waals surface area contributed by atoms with Gasteiger partial charge >= 0.3 is 6.03 Å². The number of aliphatic hydroxyl groups is 1. The van der Waals surface area contributed by atoms with E-state index in [1.165, 1.54) is 0 Å². The maximum absolute atomic E-state index is 11.7. The zero-order chi connectivity index (χ0) is 15.3. The first-order chi connectivity index (χ1) is 9.20. The summed E-state index contributed by atoms with van der Waals surface area (Å²) in [7, 11) is 3.80. The van der Waals surface area contributed by atoms with Crippen LogP contribution < -0.4 is 15.5 Å². The minimum atomic E-state index is -0.595. The van der Waals surface area contributed by atoms with Gasteiger partial charge in [0.1, 0.15) is 5.82 Å².